The lowest BCUT2D eigenvalue weighted by atomic mass is 9.92. The summed E-state index contributed by atoms with van der Waals surface area (Å²) < 4.78 is 0. The lowest BCUT2D eigenvalue weighted by Crippen LogP contribution is -2.08. The number of nitrogens with two attached hydrogens (primary N) is 1. The van der Waals surface area contributed by atoms with Crippen LogP contribution in [0.25, 0.3) is 0 Å². The van der Waals surface area contributed by atoms with Crippen molar-refractivity contribution < 1.29 is 0 Å². The molecule has 2 aromatic carbocycles. The number of hydrogen-bond donors (Lipinski definition) is 1. The molecule has 132 valence electrons. The predicted octanol–water partition coefficient (Wildman–Crippen LogP) is 6.47. The lowest BCUT2D eigenvalue weighted by molar-refractivity contribution is 0.807. The highest BCUT2D eigenvalue weighted by Crippen LogP contribution is 2.32. The molecule has 0 saturated carbocycles. The third-order valence-corrected chi connectivity index (χ3v) is 6.01. The molecule has 0 aliphatic rings. The first-order chi connectivity index (χ1) is 12.0. The van der Waals surface area contributed by atoms with E-state index in [1.54, 1.807) is 0 Å². The van der Waals surface area contributed by atoms with Crippen molar-refractivity contribution in [2.45, 2.75) is 31.9 Å². The highest BCUT2D eigenvalue weighted by atomic mass is 35.5. The quantitative estimate of drug-likeness (QED) is 0.538. The van der Waals surface area contributed by atoms with Crippen LogP contribution in [0.4, 0.5) is 0 Å². The maximum absolute atomic E-state index is 6.47. The molecule has 0 fully saturated rings. The van der Waals surface area contributed by atoms with Gasteiger partial charge in [-0.2, -0.15) is 11.8 Å². The average Bonchev–Trinajstić information content (AvgIpc) is 2.63. The Hall–Kier alpha value is -1.64. The van der Waals surface area contributed by atoms with Crippen molar-refractivity contribution in [2.24, 2.45) is 5.73 Å². The van der Waals surface area contributed by atoms with E-state index in [2.05, 4.69) is 43.8 Å². The summed E-state index contributed by atoms with van der Waals surface area (Å²) in [4.78, 5) is 0. The summed E-state index contributed by atoms with van der Waals surface area (Å²) in [7, 11) is 0. The highest BCUT2D eigenvalue weighted by molar-refractivity contribution is 7.98. The van der Waals surface area contributed by atoms with Crippen LogP contribution < -0.4 is 5.73 Å². The van der Waals surface area contributed by atoms with Crippen LogP contribution in [-0.2, 0) is 5.75 Å². The van der Waals surface area contributed by atoms with Gasteiger partial charge in [0.2, 0.25) is 0 Å². The van der Waals surface area contributed by atoms with Gasteiger partial charge in [-0.3, -0.25) is 0 Å². The molecule has 1 atom stereocenters. The summed E-state index contributed by atoms with van der Waals surface area (Å²) in [6, 6.07) is 16.6. The molecule has 3 heteroatoms. The molecule has 0 amide bonds. The molecule has 2 aromatic rings. The zero-order chi connectivity index (χ0) is 18.2. The Labute approximate surface area is 161 Å². The number of aryl methyl sites for hydroxylation is 1. The number of rotatable bonds is 8. The summed E-state index contributed by atoms with van der Waals surface area (Å²) in [5.41, 5.74) is 12.1. The van der Waals surface area contributed by atoms with Gasteiger partial charge in [-0.15, -0.1) is 6.58 Å². The Balaban J connectivity index is 1.99. The van der Waals surface area contributed by atoms with E-state index < -0.39 is 0 Å². The Bertz CT molecular complexity index is 737. The maximum Gasteiger partial charge on any atom is 0.0473 e. The molecular weight excluding hydrogens is 346 g/mol. The minimum Gasteiger partial charge on any atom is -0.402 e. The van der Waals surface area contributed by atoms with Crippen LogP contribution in [0.3, 0.4) is 0 Å². The summed E-state index contributed by atoms with van der Waals surface area (Å²) in [6.45, 7) is 8.12. The first-order valence-corrected chi connectivity index (χ1v) is 9.99. The first-order valence-electron chi connectivity index (χ1n) is 8.46. The van der Waals surface area contributed by atoms with Crippen molar-refractivity contribution in [1.29, 1.82) is 0 Å². The van der Waals surface area contributed by atoms with Crippen LogP contribution in [0.1, 0.15) is 36.0 Å². The van der Waals surface area contributed by atoms with Crippen LogP contribution in [0.5, 0.6) is 0 Å². The molecule has 0 radical (unpaired) electrons. The van der Waals surface area contributed by atoms with Crippen LogP contribution in [0, 0.1) is 6.92 Å². The van der Waals surface area contributed by atoms with Crippen molar-refractivity contribution in [3.63, 3.8) is 0 Å². The van der Waals surface area contributed by atoms with E-state index in [4.69, 9.17) is 17.3 Å². The van der Waals surface area contributed by atoms with Gasteiger partial charge in [0, 0.05) is 28.1 Å². The number of allylic oxidation sites excluding steroid dienone is 2. The van der Waals surface area contributed by atoms with Crippen molar-refractivity contribution >= 4 is 23.4 Å². The second kappa shape index (κ2) is 9.74. The number of thioether (sulfide) groups is 1. The summed E-state index contributed by atoms with van der Waals surface area (Å²) >= 11 is 8.36. The van der Waals surface area contributed by atoms with Crippen molar-refractivity contribution in [1.82, 2.24) is 0 Å². The Morgan fingerprint density at radius 2 is 1.92 bits per heavy atom. The Morgan fingerprint density at radius 3 is 2.60 bits per heavy atom. The molecule has 2 rings (SSSR count). The number of hydrogen-bond acceptors (Lipinski definition) is 2. The molecule has 25 heavy (non-hydrogen) atoms. The molecule has 2 N–H and O–H groups in total. The van der Waals surface area contributed by atoms with Gasteiger partial charge >= 0.3 is 0 Å². The summed E-state index contributed by atoms with van der Waals surface area (Å²) in [6.07, 6.45) is 2.70. The largest absolute Gasteiger partial charge is 0.402 e. The standard InChI is InChI=1S/C22H26ClNS/c1-4-19(20-12-8-9-16(2)22(20)23)13-21(24)17(3)14-25-15-18-10-6-5-7-11-18/h4-12,19H,1,13-15,24H2,2-3H3/b21-17-. The molecule has 0 aliphatic heterocycles. The normalized spacial score (nSPS) is 13.2. The van der Waals surface area contributed by atoms with E-state index in [-0.39, 0.29) is 5.92 Å². The van der Waals surface area contributed by atoms with Gasteiger partial charge in [-0.25, -0.2) is 0 Å². The number of benzene rings is 2. The van der Waals surface area contributed by atoms with Crippen LogP contribution >= 0.6 is 23.4 Å². The molecule has 0 aliphatic carbocycles. The van der Waals surface area contributed by atoms with Crippen molar-refractivity contribution in [3.05, 3.63) is 94.2 Å². The van der Waals surface area contributed by atoms with Crippen LogP contribution in [0.15, 0.2) is 72.5 Å². The van der Waals surface area contributed by atoms with Gasteiger partial charge in [-0.05, 0) is 42.5 Å². The molecular formula is C22H26ClNS. The molecule has 0 saturated heterocycles. The van der Waals surface area contributed by atoms with Gasteiger partial charge in [0.05, 0.1) is 0 Å². The topological polar surface area (TPSA) is 26.0 Å². The molecule has 0 spiro atoms. The third-order valence-electron chi connectivity index (χ3n) is 4.32. The number of halogens is 1. The fraction of sp³-hybridized carbons (Fsp3) is 0.273. The SMILES string of the molecule is C=CC(C/C(N)=C(\C)CSCc1ccccc1)c1cccc(C)c1Cl. The van der Waals surface area contributed by atoms with Crippen LogP contribution in [-0.4, -0.2) is 5.75 Å². The second-order valence-electron chi connectivity index (χ2n) is 6.31. The van der Waals surface area contributed by atoms with E-state index in [9.17, 15) is 0 Å². The van der Waals surface area contributed by atoms with E-state index in [0.717, 1.165) is 39.8 Å². The van der Waals surface area contributed by atoms with E-state index >= 15 is 0 Å². The van der Waals surface area contributed by atoms with Gasteiger partial charge in [0.1, 0.15) is 0 Å². The fourth-order valence-electron chi connectivity index (χ4n) is 2.68. The second-order valence-corrected chi connectivity index (χ2v) is 7.67. The molecule has 0 aromatic heterocycles. The molecule has 1 unspecified atom stereocenters. The van der Waals surface area contributed by atoms with Crippen LogP contribution in [0.2, 0.25) is 5.02 Å². The van der Waals surface area contributed by atoms with Gasteiger partial charge < -0.3 is 5.73 Å². The smallest absolute Gasteiger partial charge is 0.0473 e. The minimum absolute atomic E-state index is 0.140. The first kappa shape index (κ1) is 19.7. The highest BCUT2D eigenvalue weighted by Gasteiger charge is 2.14. The van der Waals surface area contributed by atoms with E-state index in [0.29, 0.717) is 0 Å². The zero-order valence-corrected chi connectivity index (χ0v) is 16.5. The fourth-order valence-corrected chi connectivity index (χ4v) is 3.96. The van der Waals surface area contributed by atoms with Gasteiger partial charge in [-0.1, -0.05) is 66.2 Å². The molecule has 0 bridgehead atoms. The minimum atomic E-state index is 0.140. The Morgan fingerprint density at radius 1 is 1.20 bits per heavy atom. The van der Waals surface area contributed by atoms with Gasteiger partial charge in [0.15, 0.2) is 0 Å². The zero-order valence-electron chi connectivity index (χ0n) is 15.0. The molecule has 0 heterocycles. The summed E-state index contributed by atoms with van der Waals surface area (Å²) in [5.74, 6) is 2.08. The monoisotopic (exact) mass is 371 g/mol. The van der Waals surface area contributed by atoms with E-state index in [1.165, 1.54) is 11.1 Å². The lowest BCUT2D eigenvalue weighted by Gasteiger charge is -2.17. The van der Waals surface area contributed by atoms with Crippen molar-refractivity contribution in [3.8, 4) is 0 Å². The Kier molecular flexibility index (Phi) is 7.67. The predicted molar refractivity (Wildman–Crippen MR) is 113 cm³/mol. The average molecular weight is 372 g/mol. The maximum atomic E-state index is 6.47. The van der Waals surface area contributed by atoms with Gasteiger partial charge in [0.25, 0.3) is 0 Å². The van der Waals surface area contributed by atoms with Crippen molar-refractivity contribution in [2.75, 3.05) is 5.75 Å². The van der Waals surface area contributed by atoms with E-state index in [1.807, 2.05) is 43.0 Å². The summed E-state index contributed by atoms with van der Waals surface area (Å²) in [5, 5.41) is 0.816. The third kappa shape index (κ3) is 5.69. The molecule has 1 nitrogen and oxygen atoms in total.